The molecule has 0 radical (unpaired) electrons. The quantitative estimate of drug-likeness (QED) is 0.584. The van der Waals surface area contributed by atoms with Gasteiger partial charge in [-0.1, -0.05) is 30.3 Å². The molecule has 3 fully saturated rings. The van der Waals surface area contributed by atoms with E-state index in [9.17, 15) is 9.50 Å². The lowest BCUT2D eigenvalue weighted by molar-refractivity contribution is 0.0969. The molecule has 0 amide bonds. The van der Waals surface area contributed by atoms with Crippen molar-refractivity contribution in [2.75, 3.05) is 42.6 Å². The number of pyridine rings is 1. The lowest BCUT2D eigenvalue weighted by atomic mass is 9.70. The van der Waals surface area contributed by atoms with Crippen molar-refractivity contribution in [1.82, 2.24) is 15.0 Å². The van der Waals surface area contributed by atoms with Crippen molar-refractivity contribution in [1.29, 1.82) is 0 Å². The Labute approximate surface area is 215 Å². The molecular formula is C25H33ClFN5O2S. The molecule has 35 heavy (non-hydrogen) atoms. The fraction of sp³-hybridized carbons (Fsp3) is 0.640. The number of ether oxygens (including phenoxy) is 1. The molecule has 190 valence electrons. The van der Waals surface area contributed by atoms with Crippen LogP contribution in [0.25, 0.3) is 0 Å². The normalized spacial score (nSPS) is 26.1. The number of rotatable bonds is 6. The average Bonchev–Trinajstić information content (AvgIpc) is 3.46. The van der Waals surface area contributed by atoms with Gasteiger partial charge in [0.25, 0.3) is 0 Å². The Morgan fingerprint density at radius 2 is 2.03 bits per heavy atom. The Morgan fingerprint density at radius 3 is 2.71 bits per heavy atom. The van der Waals surface area contributed by atoms with Gasteiger partial charge in [0.15, 0.2) is 5.82 Å². The standard InChI is InChI=1S/C25H33ClFN5O2S/c1-16-17(2)34-15-25(16)6-10-31(11-7-25)23-19(12-27)30-21(13-29-23)35-20-5-8-28-24(22(20)26)32-9-3-4-18(32)14-33/h5,8,13,16-18,33H,3-4,6-7,9-12,14-15H2,1-2H3/t16-,17+,18?/m1/s1. The number of aliphatic hydroxyl groups excluding tert-OH is 1. The van der Waals surface area contributed by atoms with Crippen LogP contribution < -0.4 is 9.80 Å². The van der Waals surface area contributed by atoms with Gasteiger partial charge in [0, 0.05) is 36.1 Å². The summed E-state index contributed by atoms with van der Waals surface area (Å²) in [5.41, 5.74) is 0.579. The number of aliphatic hydroxyl groups is 1. The molecule has 10 heteroatoms. The van der Waals surface area contributed by atoms with Crippen LogP contribution >= 0.6 is 23.4 Å². The topological polar surface area (TPSA) is 74.6 Å². The predicted octanol–water partition coefficient (Wildman–Crippen LogP) is 4.75. The monoisotopic (exact) mass is 521 g/mol. The molecular weight excluding hydrogens is 489 g/mol. The maximum absolute atomic E-state index is 14.1. The second-order valence-electron chi connectivity index (χ2n) is 9.99. The van der Waals surface area contributed by atoms with Gasteiger partial charge in [0.1, 0.15) is 23.2 Å². The molecule has 5 rings (SSSR count). The van der Waals surface area contributed by atoms with Crippen molar-refractivity contribution in [3.63, 3.8) is 0 Å². The van der Waals surface area contributed by atoms with Crippen LogP contribution in [0.2, 0.25) is 5.02 Å². The Balaban J connectivity index is 1.31. The fourth-order valence-electron chi connectivity index (χ4n) is 5.75. The van der Waals surface area contributed by atoms with Crippen molar-refractivity contribution in [2.24, 2.45) is 11.3 Å². The van der Waals surface area contributed by atoms with E-state index in [0.717, 1.165) is 56.8 Å². The van der Waals surface area contributed by atoms with Crippen LogP contribution in [0.1, 0.15) is 45.2 Å². The molecule has 2 aromatic heterocycles. The third kappa shape index (κ3) is 4.72. The lowest BCUT2D eigenvalue weighted by Crippen LogP contribution is -2.44. The molecule has 5 heterocycles. The largest absolute Gasteiger partial charge is 0.394 e. The Bertz CT molecular complexity index is 1050. The molecule has 3 aliphatic rings. The van der Waals surface area contributed by atoms with Crippen LogP contribution in [0.5, 0.6) is 0 Å². The van der Waals surface area contributed by atoms with Crippen LogP contribution in [0.3, 0.4) is 0 Å². The fourth-order valence-corrected chi connectivity index (χ4v) is 6.88. The molecule has 7 nitrogen and oxygen atoms in total. The summed E-state index contributed by atoms with van der Waals surface area (Å²) in [6.07, 6.45) is 7.66. The summed E-state index contributed by atoms with van der Waals surface area (Å²) < 4.78 is 20.0. The van der Waals surface area contributed by atoms with E-state index in [4.69, 9.17) is 16.3 Å². The summed E-state index contributed by atoms with van der Waals surface area (Å²) in [5, 5.41) is 10.8. The molecule has 3 aliphatic heterocycles. The van der Waals surface area contributed by atoms with Gasteiger partial charge in [-0.2, -0.15) is 0 Å². The number of hydrogen-bond donors (Lipinski definition) is 1. The second kappa shape index (κ2) is 10.4. The summed E-state index contributed by atoms with van der Waals surface area (Å²) in [6.45, 7) is 7.13. The first-order valence-electron chi connectivity index (χ1n) is 12.4. The van der Waals surface area contributed by atoms with E-state index in [-0.39, 0.29) is 18.1 Å². The minimum absolute atomic E-state index is 0.0307. The zero-order chi connectivity index (χ0) is 24.6. The minimum Gasteiger partial charge on any atom is -0.394 e. The van der Waals surface area contributed by atoms with Gasteiger partial charge in [-0.25, -0.2) is 19.3 Å². The van der Waals surface area contributed by atoms with E-state index in [1.54, 1.807) is 12.4 Å². The van der Waals surface area contributed by atoms with Crippen LogP contribution in [-0.4, -0.2) is 65.1 Å². The highest BCUT2D eigenvalue weighted by atomic mass is 35.5. The van der Waals surface area contributed by atoms with Crippen LogP contribution in [-0.2, 0) is 11.4 Å². The number of piperidine rings is 1. The van der Waals surface area contributed by atoms with Gasteiger partial charge in [0.2, 0.25) is 0 Å². The first kappa shape index (κ1) is 25.0. The van der Waals surface area contributed by atoms with Gasteiger partial charge in [-0.15, -0.1) is 0 Å². The number of alkyl halides is 1. The number of hydrogen-bond acceptors (Lipinski definition) is 8. The summed E-state index contributed by atoms with van der Waals surface area (Å²) in [6, 6.07) is 1.87. The number of anilines is 2. The number of halogens is 2. The second-order valence-corrected chi connectivity index (χ2v) is 11.4. The van der Waals surface area contributed by atoms with E-state index in [0.29, 0.717) is 39.4 Å². The third-order valence-electron chi connectivity index (χ3n) is 8.20. The Kier molecular flexibility index (Phi) is 7.40. The molecule has 0 aliphatic carbocycles. The highest BCUT2D eigenvalue weighted by Crippen LogP contribution is 2.47. The Hall–Kier alpha value is -1.68. The maximum Gasteiger partial charge on any atom is 0.153 e. The highest BCUT2D eigenvalue weighted by molar-refractivity contribution is 7.99. The van der Waals surface area contributed by atoms with Gasteiger partial charge in [-0.3, -0.25) is 0 Å². The van der Waals surface area contributed by atoms with Gasteiger partial charge >= 0.3 is 0 Å². The summed E-state index contributed by atoms with van der Waals surface area (Å²) in [5.74, 6) is 1.83. The zero-order valence-electron chi connectivity index (χ0n) is 20.3. The van der Waals surface area contributed by atoms with Crippen molar-refractivity contribution in [3.8, 4) is 0 Å². The van der Waals surface area contributed by atoms with Crippen LogP contribution in [0, 0.1) is 11.3 Å². The predicted molar refractivity (Wildman–Crippen MR) is 136 cm³/mol. The van der Waals surface area contributed by atoms with E-state index >= 15 is 0 Å². The van der Waals surface area contributed by atoms with Crippen molar-refractivity contribution < 1.29 is 14.2 Å². The molecule has 1 N–H and O–H groups in total. The van der Waals surface area contributed by atoms with Gasteiger partial charge < -0.3 is 19.6 Å². The highest BCUT2D eigenvalue weighted by Gasteiger charge is 2.47. The van der Waals surface area contributed by atoms with E-state index in [2.05, 4.69) is 38.6 Å². The summed E-state index contributed by atoms with van der Waals surface area (Å²) >= 11 is 8.08. The minimum atomic E-state index is -0.670. The van der Waals surface area contributed by atoms with Crippen molar-refractivity contribution >= 4 is 35.0 Å². The lowest BCUT2D eigenvalue weighted by Gasteiger charge is -2.42. The Morgan fingerprint density at radius 1 is 1.23 bits per heavy atom. The molecule has 2 aromatic rings. The van der Waals surface area contributed by atoms with Crippen molar-refractivity contribution in [3.05, 3.63) is 29.2 Å². The third-order valence-corrected chi connectivity index (χ3v) is 9.65. The van der Waals surface area contributed by atoms with Crippen LogP contribution in [0.4, 0.5) is 16.0 Å². The summed E-state index contributed by atoms with van der Waals surface area (Å²) in [7, 11) is 0. The van der Waals surface area contributed by atoms with E-state index in [1.165, 1.54) is 11.8 Å². The molecule has 3 atom stereocenters. The maximum atomic E-state index is 14.1. The average molecular weight is 522 g/mol. The summed E-state index contributed by atoms with van der Waals surface area (Å²) in [4.78, 5) is 18.7. The first-order valence-corrected chi connectivity index (χ1v) is 13.6. The van der Waals surface area contributed by atoms with E-state index < -0.39 is 6.67 Å². The van der Waals surface area contributed by atoms with Gasteiger partial charge in [-0.05, 0) is 44.6 Å². The smallest absolute Gasteiger partial charge is 0.153 e. The molecule has 0 bridgehead atoms. The first-order chi connectivity index (χ1) is 17.0. The zero-order valence-corrected chi connectivity index (χ0v) is 21.9. The van der Waals surface area contributed by atoms with Gasteiger partial charge in [0.05, 0.1) is 36.6 Å². The number of aromatic nitrogens is 3. The SMILES string of the molecule is C[C@@H]1OCC2(CCN(c3ncc(Sc4ccnc(N5CCCC5CO)c4Cl)nc3CF)CC2)[C@@H]1C. The van der Waals surface area contributed by atoms with E-state index in [1.807, 2.05) is 6.07 Å². The van der Waals surface area contributed by atoms with Crippen LogP contribution in [0.15, 0.2) is 28.4 Å². The van der Waals surface area contributed by atoms with Crippen molar-refractivity contribution in [2.45, 2.75) is 68.3 Å². The molecule has 0 aromatic carbocycles. The number of nitrogens with zero attached hydrogens (tertiary/aromatic N) is 5. The molecule has 1 unspecified atom stereocenters. The molecule has 1 spiro atoms. The molecule has 0 saturated carbocycles. The molecule has 3 saturated heterocycles.